The Kier molecular flexibility index (Phi) is 5.90. The van der Waals surface area contributed by atoms with Gasteiger partial charge in [-0.15, -0.1) is 0 Å². The van der Waals surface area contributed by atoms with Crippen LogP contribution in [0.2, 0.25) is 0 Å². The van der Waals surface area contributed by atoms with Crippen molar-refractivity contribution in [3.63, 3.8) is 0 Å². The lowest BCUT2D eigenvalue weighted by Gasteiger charge is -2.19. The lowest BCUT2D eigenvalue weighted by molar-refractivity contribution is -0.121. The Balaban J connectivity index is 1.54. The quantitative estimate of drug-likeness (QED) is 0.667. The van der Waals surface area contributed by atoms with Crippen molar-refractivity contribution in [3.8, 4) is 0 Å². The van der Waals surface area contributed by atoms with Gasteiger partial charge in [0.25, 0.3) is 0 Å². The number of likely N-dealkylation sites (tertiary alicyclic amines) is 1. The zero-order valence-electron chi connectivity index (χ0n) is 16.8. The average Bonchev–Trinajstić information content (AvgIpc) is 3.35. The van der Waals surface area contributed by atoms with E-state index in [0.717, 1.165) is 42.1 Å². The number of fused-ring (bicyclic) bond motifs is 1. The van der Waals surface area contributed by atoms with Crippen LogP contribution < -0.4 is 5.32 Å². The van der Waals surface area contributed by atoms with E-state index in [-0.39, 0.29) is 24.1 Å². The number of pyridine rings is 1. The highest BCUT2D eigenvalue weighted by Crippen LogP contribution is 2.29. The van der Waals surface area contributed by atoms with Gasteiger partial charge in [-0.05, 0) is 68.2 Å². The Labute approximate surface area is 170 Å². The van der Waals surface area contributed by atoms with Crippen molar-refractivity contribution >= 4 is 11.6 Å². The summed E-state index contributed by atoms with van der Waals surface area (Å²) in [5.41, 5.74) is 3.62. The summed E-state index contributed by atoms with van der Waals surface area (Å²) in [6.07, 6.45) is 6.49. The number of carbonyl (C=O) groups is 1. The third kappa shape index (κ3) is 4.65. The van der Waals surface area contributed by atoms with Crippen molar-refractivity contribution < 1.29 is 9.18 Å². The molecule has 5 nitrogen and oxygen atoms in total. The number of amides is 1. The Bertz CT molecular complexity index is 993. The van der Waals surface area contributed by atoms with Crippen molar-refractivity contribution in [1.82, 2.24) is 19.6 Å². The number of imidazole rings is 1. The fraction of sp³-hybridized carbons (Fsp3) is 0.391. The number of benzene rings is 1. The molecule has 29 heavy (non-hydrogen) atoms. The highest BCUT2D eigenvalue weighted by molar-refractivity contribution is 5.77. The third-order valence-corrected chi connectivity index (χ3v) is 5.64. The molecule has 1 aliphatic heterocycles. The zero-order chi connectivity index (χ0) is 20.2. The van der Waals surface area contributed by atoms with Gasteiger partial charge in [0.05, 0.1) is 5.69 Å². The van der Waals surface area contributed by atoms with E-state index in [9.17, 15) is 9.18 Å². The van der Waals surface area contributed by atoms with Gasteiger partial charge in [-0.3, -0.25) is 4.79 Å². The summed E-state index contributed by atoms with van der Waals surface area (Å²) < 4.78 is 15.9. The summed E-state index contributed by atoms with van der Waals surface area (Å²) in [5, 5.41) is 3.04. The van der Waals surface area contributed by atoms with Crippen LogP contribution in [-0.4, -0.2) is 46.4 Å². The van der Waals surface area contributed by atoms with E-state index in [1.165, 1.54) is 25.0 Å². The van der Waals surface area contributed by atoms with Crippen LogP contribution in [0.1, 0.15) is 42.0 Å². The molecule has 1 fully saturated rings. The number of halogens is 1. The number of aryl methyl sites for hydroxylation is 1. The number of rotatable bonds is 7. The molecular weight excluding hydrogens is 367 g/mol. The molecule has 0 aliphatic carbocycles. The van der Waals surface area contributed by atoms with Gasteiger partial charge in [-0.2, -0.15) is 0 Å². The first kappa shape index (κ1) is 19.6. The van der Waals surface area contributed by atoms with Gasteiger partial charge in [-0.25, -0.2) is 9.37 Å². The van der Waals surface area contributed by atoms with E-state index in [4.69, 9.17) is 0 Å². The van der Waals surface area contributed by atoms with Crippen LogP contribution in [0.3, 0.4) is 0 Å². The summed E-state index contributed by atoms with van der Waals surface area (Å²) in [6, 6.07) is 10.5. The minimum absolute atomic E-state index is 0.0273. The number of nitrogens with zero attached hydrogens (tertiary/aromatic N) is 3. The molecule has 1 amide bonds. The lowest BCUT2D eigenvalue weighted by Crippen LogP contribution is -2.34. The smallest absolute Gasteiger partial charge is 0.221 e. The topological polar surface area (TPSA) is 49.6 Å². The Morgan fingerprint density at radius 3 is 2.86 bits per heavy atom. The fourth-order valence-corrected chi connectivity index (χ4v) is 4.09. The van der Waals surface area contributed by atoms with Crippen LogP contribution in [0.25, 0.3) is 5.65 Å². The van der Waals surface area contributed by atoms with E-state index < -0.39 is 0 Å². The summed E-state index contributed by atoms with van der Waals surface area (Å²) in [5.74, 6) is -0.595. The zero-order valence-corrected chi connectivity index (χ0v) is 16.8. The molecule has 1 aliphatic rings. The number of carbonyl (C=O) groups excluding carboxylic acids is 1. The van der Waals surface area contributed by atoms with Crippen LogP contribution in [0.5, 0.6) is 0 Å². The molecule has 3 heterocycles. The van der Waals surface area contributed by atoms with Gasteiger partial charge < -0.3 is 14.6 Å². The molecule has 0 saturated carbocycles. The van der Waals surface area contributed by atoms with Gasteiger partial charge >= 0.3 is 0 Å². The van der Waals surface area contributed by atoms with Gasteiger partial charge in [0.1, 0.15) is 11.5 Å². The van der Waals surface area contributed by atoms with Gasteiger partial charge in [0.15, 0.2) is 0 Å². The first-order valence-electron chi connectivity index (χ1n) is 10.3. The van der Waals surface area contributed by atoms with E-state index in [2.05, 4.69) is 15.2 Å². The van der Waals surface area contributed by atoms with Crippen molar-refractivity contribution in [2.75, 3.05) is 26.2 Å². The van der Waals surface area contributed by atoms with E-state index in [0.29, 0.717) is 6.54 Å². The van der Waals surface area contributed by atoms with Crippen molar-refractivity contribution in [2.24, 2.45) is 0 Å². The highest BCUT2D eigenvalue weighted by Gasteiger charge is 2.22. The molecule has 3 aromatic rings. The number of aromatic nitrogens is 2. The molecule has 2 aromatic heterocycles. The van der Waals surface area contributed by atoms with Gasteiger partial charge in [-0.1, -0.05) is 12.1 Å². The molecule has 1 aromatic carbocycles. The monoisotopic (exact) mass is 394 g/mol. The first-order valence-corrected chi connectivity index (χ1v) is 10.3. The van der Waals surface area contributed by atoms with Crippen LogP contribution in [0.4, 0.5) is 4.39 Å². The maximum Gasteiger partial charge on any atom is 0.221 e. The summed E-state index contributed by atoms with van der Waals surface area (Å²) in [6.45, 7) is 5.77. The van der Waals surface area contributed by atoms with Gasteiger partial charge in [0, 0.05) is 37.8 Å². The van der Waals surface area contributed by atoms with Crippen LogP contribution >= 0.6 is 0 Å². The molecule has 6 heteroatoms. The summed E-state index contributed by atoms with van der Waals surface area (Å²) in [7, 11) is 0. The largest absolute Gasteiger partial charge is 0.355 e. The number of hydrogen-bond donors (Lipinski definition) is 1. The number of nitrogens with one attached hydrogen (secondary N) is 1. The molecule has 1 atom stereocenters. The third-order valence-electron chi connectivity index (χ3n) is 5.64. The summed E-state index contributed by atoms with van der Waals surface area (Å²) >= 11 is 0. The van der Waals surface area contributed by atoms with Crippen LogP contribution in [0.15, 0.2) is 48.8 Å². The maximum atomic E-state index is 13.9. The second-order valence-corrected chi connectivity index (χ2v) is 7.83. The summed E-state index contributed by atoms with van der Waals surface area (Å²) in [4.78, 5) is 19.6. The molecule has 0 radical (unpaired) electrons. The maximum absolute atomic E-state index is 13.9. The standard InChI is InChI=1S/C23H27FN4O/c1-17-7-11-28-21(16-26-22(28)13-17)20(18-5-4-6-19(24)14-18)15-23(29)25-8-12-27-9-2-3-10-27/h4-7,11,13-14,16,20H,2-3,8-10,12,15H2,1H3,(H,25,29)/t20-/m0/s1. The van der Waals surface area contributed by atoms with E-state index in [1.54, 1.807) is 12.3 Å². The predicted octanol–water partition coefficient (Wildman–Crippen LogP) is 3.52. The molecule has 0 bridgehead atoms. The fourth-order valence-electron chi connectivity index (χ4n) is 4.09. The molecular formula is C23H27FN4O. The minimum atomic E-state index is -0.299. The van der Waals surface area contributed by atoms with Crippen molar-refractivity contribution in [1.29, 1.82) is 0 Å². The predicted molar refractivity (Wildman–Crippen MR) is 111 cm³/mol. The van der Waals surface area contributed by atoms with Crippen molar-refractivity contribution in [3.05, 3.63) is 71.4 Å². The highest BCUT2D eigenvalue weighted by atomic mass is 19.1. The molecule has 4 rings (SSSR count). The molecule has 0 unspecified atom stereocenters. The lowest BCUT2D eigenvalue weighted by atomic mass is 9.92. The van der Waals surface area contributed by atoms with E-state index in [1.807, 2.05) is 35.7 Å². The minimum Gasteiger partial charge on any atom is -0.355 e. The second kappa shape index (κ2) is 8.74. The number of hydrogen-bond acceptors (Lipinski definition) is 3. The Morgan fingerprint density at radius 1 is 1.24 bits per heavy atom. The molecule has 0 spiro atoms. The van der Waals surface area contributed by atoms with E-state index >= 15 is 0 Å². The molecule has 1 saturated heterocycles. The van der Waals surface area contributed by atoms with Crippen molar-refractivity contribution in [2.45, 2.75) is 32.1 Å². The molecule has 152 valence electrons. The Morgan fingerprint density at radius 2 is 2.07 bits per heavy atom. The molecule has 1 N–H and O–H groups in total. The van der Waals surface area contributed by atoms with Gasteiger partial charge in [0.2, 0.25) is 5.91 Å². The Hall–Kier alpha value is -2.73. The SMILES string of the molecule is Cc1ccn2c([C@@H](CC(=O)NCCN3CCCC3)c3cccc(F)c3)cnc2c1. The first-order chi connectivity index (χ1) is 14.1. The average molecular weight is 394 g/mol. The van der Waals surface area contributed by atoms with Crippen LogP contribution in [0, 0.1) is 12.7 Å². The second-order valence-electron chi connectivity index (χ2n) is 7.83. The normalized spacial score (nSPS) is 15.7. The van der Waals surface area contributed by atoms with Crippen LogP contribution in [-0.2, 0) is 4.79 Å².